The molecule has 64 heavy (non-hydrogen) atoms. The average Bonchev–Trinajstić information content (AvgIpc) is 3.26. The molecule has 0 radical (unpaired) electrons. The number of quaternary nitrogens is 1. The Morgan fingerprint density at radius 2 is 0.844 bits per heavy atom. The van der Waals surface area contributed by atoms with Crippen LogP contribution in [0.1, 0.15) is 226 Å². The monoisotopic (exact) mass is 898 g/mol. The number of likely N-dealkylation sites (N-methyl/N-ethyl adjacent to an activating group) is 1. The molecule has 0 aromatic heterocycles. The van der Waals surface area contributed by atoms with Gasteiger partial charge in [-0.25, -0.2) is 0 Å². The maximum absolute atomic E-state index is 12.8. The highest BCUT2D eigenvalue weighted by Crippen LogP contribution is 2.15. The summed E-state index contributed by atoms with van der Waals surface area (Å²) in [6, 6.07) is -0.733. The van der Waals surface area contributed by atoms with Gasteiger partial charge in [-0.3, -0.25) is 9.59 Å². The number of carboxylic acids is 1. The fourth-order valence-electron chi connectivity index (χ4n) is 7.61. The molecule has 2 unspecified atom stereocenters. The lowest BCUT2D eigenvalue weighted by Crippen LogP contribution is -2.55. The summed E-state index contributed by atoms with van der Waals surface area (Å²) in [5, 5.41) is 11.7. The van der Waals surface area contributed by atoms with E-state index in [0.717, 1.165) is 64.2 Å². The number of carboxylic acid groups (broad SMARTS) is 1. The molecule has 0 rings (SSSR count). The van der Waals surface area contributed by atoms with Crippen molar-refractivity contribution in [3.63, 3.8) is 0 Å². The second-order valence-electron chi connectivity index (χ2n) is 18.8. The van der Waals surface area contributed by atoms with Crippen molar-refractivity contribution < 1.29 is 38.2 Å². The van der Waals surface area contributed by atoms with Crippen molar-refractivity contribution in [2.75, 3.05) is 41.0 Å². The van der Waals surface area contributed by atoms with Crippen molar-refractivity contribution in [3.8, 4) is 0 Å². The van der Waals surface area contributed by atoms with Gasteiger partial charge in [0, 0.05) is 19.3 Å². The lowest BCUT2D eigenvalue weighted by atomic mass is 10.0. The minimum Gasteiger partial charge on any atom is -0.544 e. The van der Waals surface area contributed by atoms with Crippen molar-refractivity contribution in [1.82, 2.24) is 0 Å². The smallest absolute Gasteiger partial charge is 0.306 e. The number of unbranched alkanes of at least 4 members (excludes halogenated alkanes) is 26. The first-order valence-electron chi connectivity index (χ1n) is 26.4. The Balaban J connectivity index is 4.28. The summed E-state index contributed by atoms with van der Waals surface area (Å²) >= 11 is 0. The van der Waals surface area contributed by atoms with Crippen LogP contribution in [0.4, 0.5) is 0 Å². The molecule has 0 saturated heterocycles. The van der Waals surface area contributed by atoms with E-state index in [4.69, 9.17) is 14.2 Å². The molecule has 0 fully saturated rings. The molecule has 0 aliphatic carbocycles. The van der Waals surface area contributed by atoms with E-state index in [1.807, 2.05) is 0 Å². The van der Waals surface area contributed by atoms with Gasteiger partial charge >= 0.3 is 11.9 Å². The number of ether oxygens (including phenoxy) is 3. The molecule has 0 spiro atoms. The van der Waals surface area contributed by atoms with Crippen LogP contribution >= 0.6 is 0 Å². The van der Waals surface area contributed by atoms with Crippen LogP contribution in [0.15, 0.2) is 60.8 Å². The summed E-state index contributed by atoms with van der Waals surface area (Å²) < 4.78 is 17.2. The number of carbonyl (C=O) groups excluding carboxylic acids is 3. The summed E-state index contributed by atoms with van der Waals surface area (Å²) in [6.45, 7) is 4.61. The predicted octanol–water partition coefficient (Wildman–Crippen LogP) is 14.0. The summed E-state index contributed by atoms with van der Waals surface area (Å²) in [5.41, 5.74) is 0. The molecule has 0 saturated carbocycles. The second kappa shape index (κ2) is 46.6. The third-order valence-electron chi connectivity index (χ3n) is 11.7. The first kappa shape index (κ1) is 61.0. The van der Waals surface area contributed by atoms with Crippen LogP contribution in [0.3, 0.4) is 0 Å². The quantitative estimate of drug-likeness (QED) is 0.0197. The number of aliphatic carboxylic acids is 1. The van der Waals surface area contributed by atoms with E-state index in [9.17, 15) is 19.5 Å². The van der Waals surface area contributed by atoms with Gasteiger partial charge in [0.05, 0.1) is 40.3 Å². The zero-order valence-electron chi connectivity index (χ0n) is 42.2. The summed E-state index contributed by atoms with van der Waals surface area (Å²) in [4.78, 5) is 37.0. The van der Waals surface area contributed by atoms with Gasteiger partial charge in [0.25, 0.3) is 0 Å². The maximum Gasteiger partial charge on any atom is 0.306 e. The molecule has 0 heterocycles. The Labute approximate surface area is 394 Å². The topological polar surface area (TPSA) is 102 Å². The first-order valence-corrected chi connectivity index (χ1v) is 26.4. The Morgan fingerprint density at radius 1 is 0.469 bits per heavy atom. The van der Waals surface area contributed by atoms with Gasteiger partial charge in [0.15, 0.2) is 6.10 Å². The van der Waals surface area contributed by atoms with Crippen molar-refractivity contribution in [2.45, 2.75) is 238 Å². The van der Waals surface area contributed by atoms with Crippen molar-refractivity contribution in [1.29, 1.82) is 0 Å². The number of hydrogen-bond acceptors (Lipinski definition) is 7. The molecular weight excluding hydrogens is 799 g/mol. The van der Waals surface area contributed by atoms with E-state index < -0.39 is 18.1 Å². The molecule has 8 heteroatoms. The van der Waals surface area contributed by atoms with E-state index in [0.29, 0.717) is 12.8 Å². The molecule has 0 N–H and O–H groups in total. The van der Waals surface area contributed by atoms with E-state index in [2.05, 4.69) is 74.6 Å². The SMILES string of the molecule is CCCCC/C=C/C=C/C=C/C=C/CCCCCCCC(=O)OCC(COCCC(C(=O)[O-])[N+](C)(C)C)OC(=O)CCCCCCCCC/C=C/CCCCCCCCCCCCC. The maximum atomic E-state index is 12.8. The van der Waals surface area contributed by atoms with Gasteiger partial charge in [0.1, 0.15) is 12.6 Å². The van der Waals surface area contributed by atoms with Crippen LogP contribution in [-0.2, 0) is 28.6 Å². The molecule has 370 valence electrons. The van der Waals surface area contributed by atoms with E-state index in [1.54, 1.807) is 21.1 Å². The number of rotatable bonds is 47. The van der Waals surface area contributed by atoms with Crippen LogP contribution in [0.25, 0.3) is 0 Å². The fourth-order valence-corrected chi connectivity index (χ4v) is 7.61. The second-order valence-corrected chi connectivity index (χ2v) is 18.8. The number of carbonyl (C=O) groups is 3. The van der Waals surface area contributed by atoms with Crippen LogP contribution in [0, 0.1) is 0 Å². The molecule has 0 amide bonds. The molecule has 2 atom stereocenters. The van der Waals surface area contributed by atoms with Crippen molar-refractivity contribution in [3.05, 3.63) is 60.8 Å². The predicted molar refractivity (Wildman–Crippen MR) is 268 cm³/mol. The fraction of sp³-hybridized carbons (Fsp3) is 0.768. The summed E-state index contributed by atoms with van der Waals surface area (Å²) in [6.07, 6.45) is 58.2. The Kier molecular flexibility index (Phi) is 44.4. The molecule has 0 aliphatic rings. The zero-order chi connectivity index (χ0) is 47.0. The van der Waals surface area contributed by atoms with Gasteiger partial charge in [-0.15, -0.1) is 0 Å². The van der Waals surface area contributed by atoms with Gasteiger partial charge in [0.2, 0.25) is 0 Å². The molecular formula is C56H99NO7. The third-order valence-corrected chi connectivity index (χ3v) is 11.7. The van der Waals surface area contributed by atoms with Crippen molar-refractivity contribution in [2.24, 2.45) is 0 Å². The number of nitrogens with zero attached hydrogens (tertiary/aromatic N) is 1. The van der Waals surface area contributed by atoms with Crippen molar-refractivity contribution >= 4 is 17.9 Å². The average molecular weight is 898 g/mol. The standard InChI is InChI=1S/C56H99NO7/c1-6-8-10-12-14-16-18-20-22-24-26-27-28-29-31-33-35-37-39-41-43-45-47-55(59)64-52(50-62-49-48-53(56(60)61)57(3,4)5)51-63-54(58)46-44-42-40-38-36-34-32-30-25-23-21-19-17-15-13-11-9-7-2/h15,17,19,21,23,25,28-30,32,52-53H,6-14,16,18,20,22,24,26-27,31,33-51H2,1-5H3/b17-15+,21-19+,25-23+,29-28+,32-30+. The number of esters is 2. The highest BCUT2D eigenvalue weighted by Gasteiger charge is 2.25. The molecule has 0 aromatic carbocycles. The summed E-state index contributed by atoms with van der Waals surface area (Å²) in [5.74, 6) is -1.77. The zero-order valence-corrected chi connectivity index (χ0v) is 42.2. The molecule has 0 bridgehead atoms. The lowest BCUT2D eigenvalue weighted by Gasteiger charge is -2.34. The highest BCUT2D eigenvalue weighted by atomic mass is 16.6. The summed E-state index contributed by atoms with van der Waals surface area (Å²) in [7, 11) is 5.41. The van der Waals surface area contributed by atoms with Crippen LogP contribution in [-0.4, -0.2) is 75.5 Å². The highest BCUT2D eigenvalue weighted by molar-refractivity contribution is 5.70. The minimum atomic E-state index is -1.13. The Morgan fingerprint density at radius 3 is 1.30 bits per heavy atom. The molecule has 8 nitrogen and oxygen atoms in total. The number of hydrogen-bond donors (Lipinski definition) is 0. The Bertz CT molecular complexity index is 1230. The molecule has 0 aromatic rings. The van der Waals surface area contributed by atoms with Gasteiger partial charge in [-0.2, -0.15) is 0 Å². The van der Waals surface area contributed by atoms with E-state index in [1.165, 1.54) is 128 Å². The van der Waals surface area contributed by atoms with Crippen LogP contribution < -0.4 is 5.11 Å². The van der Waals surface area contributed by atoms with E-state index >= 15 is 0 Å². The largest absolute Gasteiger partial charge is 0.544 e. The van der Waals surface area contributed by atoms with Gasteiger partial charge in [-0.1, -0.05) is 203 Å². The lowest BCUT2D eigenvalue weighted by molar-refractivity contribution is -0.889. The minimum absolute atomic E-state index is 0.0297. The normalized spacial score (nSPS) is 13.3. The van der Waals surface area contributed by atoms with E-state index in [-0.39, 0.29) is 42.7 Å². The first-order chi connectivity index (χ1) is 31.1. The van der Waals surface area contributed by atoms with Crippen LogP contribution in [0.5, 0.6) is 0 Å². The Hall–Kier alpha value is -2.97. The van der Waals surface area contributed by atoms with Gasteiger partial charge < -0.3 is 28.6 Å². The molecule has 0 aliphatic heterocycles. The van der Waals surface area contributed by atoms with Gasteiger partial charge in [-0.05, 0) is 64.2 Å². The third kappa shape index (κ3) is 44.2. The van der Waals surface area contributed by atoms with Crippen LogP contribution in [0.2, 0.25) is 0 Å². The number of allylic oxidation sites excluding steroid dienone is 10.